The lowest BCUT2D eigenvalue weighted by atomic mass is 10.1. The topological polar surface area (TPSA) is 141 Å². The Morgan fingerprint density at radius 2 is 1.66 bits per heavy atom. The Kier molecular flexibility index (Phi) is 7.49. The molecule has 0 unspecified atom stereocenters. The smallest absolute Gasteiger partial charge is 0.425 e. The summed E-state index contributed by atoms with van der Waals surface area (Å²) >= 11 is 0. The molecule has 0 aliphatic heterocycles. The number of halogens is 2. The van der Waals surface area contributed by atoms with E-state index in [4.69, 9.17) is 9.47 Å². The third-order valence-electron chi connectivity index (χ3n) is 4.17. The normalized spacial score (nSPS) is 11.7. The van der Waals surface area contributed by atoms with Crippen molar-refractivity contribution in [1.29, 1.82) is 5.26 Å². The summed E-state index contributed by atoms with van der Waals surface area (Å²) in [4.78, 5) is 36.5. The maximum atomic E-state index is 13.8. The monoisotopic (exact) mass is 493 g/mol. The minimum Gasteiger partial charge on any atom is -0.443 e. The van der Waals surface area contributed by atoms with Crippen molar-refractivity contribution in [2.45, 2.75) is 66.1 Å². The number of aromatic nitrogens is 2. The summed E-state index contributed by atoms with van der Waals surface area (Å²) in [5.41, 5.74) is -3.89. The molecule has 1 aromatic carbocycles. The summed E-state index contributed by atoms with van der Waals surface area (Å²) in [7, 11) is 0. The van der Waals surface area contributed by atoms with Crippen molar-refractivity contribution < 1.29 is 32.8 Å². The van der Waals surface area contributed by atoms with Crippen LogP contribution in [-0.4, -0.2) is 38.1 Å². The highest BCUT2D eigenvalue weighted by Gasteiger charge is 2.36. The van der Waals surface area contributed by atoms with Gasteiger partial charge >= 0.3 is 12.2 Å². The van der Waals surface area contributed by atoms with E-state index in [1.807, 2.05) is 0 Å². The van der Waals surface area contributed by atoms with Gasteiger partial charge in [0.2, 0.25) is 0 Å². The number of imide groups is 1. The number of hydrogen-bond donors (Lipinski definition) is 0. The van der Waals surface area contributed by atoms with Gasteiger partial charge in [0.05, 0.1) is 22.4 Å². The highest BCUT2D eigenvalue weighted by molar-refractivity contribution is 6.09. The van der Waals surface area contributed by atoms with Crippen LogP contribution in [0.1, 0.15) is 64.7 Å². The Morgan fingerprint density at radius 1 is 1.14 bits per heavy atom. The number of benzene rings is 1. The second kappa shape index (κ2) is 9.65. The molecule has 0 aliphatic carbocycles. The predicted molar refractivity (Wildman–Crippen MR) is 120 cm³/mol. The van der Waals surface area contributed by atoms with Crippen molar-refractivity contribution >= 4 is 23.7 Å². The van der Waals surface area contributed by atoms with E-state index < -0.39 is 51.8 Å². The van der Waals surface area contributed by atoms with Gasteiger partial charge in [-0.25, -0.2) is 23.1 Å². The SMILES string of the molecule is Cc1cc([N+](=O)[O-])cc(C(F)F)c1-n1cc(C#N)c(N(C(=O)OC(C)(C)C)C(=O)OC(C)(C)C)n1. The minimum atomic E-state index is -3.13. The van der Waals surface area contributed by atoms with Crippen LogP contribution in [0.3, 0.4) is 0 Å². The number of hydrogen-bond acceptors (Lipinski definition) is 8. The van der Waals surface area contributed by atoms with Gasteiger partial charge in [-0.15, -0.1) is 5.10 Å². The number of non-ortho nitro benzene ring substituents is 1. The maximum Gasteiger partial charge on any atom is 0.425 e. The second-order valence-corrected chi connectivity index (χ2v) is 9.48. The minimum absolute atomic E-state index is 0.0501. The van der Waals surface area contributed by atoms with E-state index in [1.54, 1.807) is 47.6 Å². The van der Waals surface area contributed by atoms with Crippen molar-refractivity contribution in [1.82, 2.24) is 9.78 Å². The lowest BCUT2D eigenvalue weighted by molar-refractivity contribution is -0.385. The third kappa shape index (κ3) is 6.50. The van der Waals surface area contributed by atoms with Gasteiger partial charge in [-0.2, -0.15) is 10.2 Å². The largest absolute Gasteiger partial charge is 0.443 e. The van der Waals surface area contributed by atoms with Crippen LogP contribution in [-0.2, 0) is 9.47 Å². The number of anilines is 1. The maximum absolute atomic E-state index is 13.8. The Bertz CT molecular complexity index is 1180. The van der Waals surface area contributed by atoms with Crippen LogP contribution in [0.4, 0.5) is 29.9 Å². The summed E-state index contributed by atoms with van der Waals surface area (Å²) in [6, 6.07) is 3.52. The van der Waals surface area contributed by atoms with Crippen LogP contribution in [0.5, 0.6) is 0 Å². The number of aryl methyl sites for hydroxylation is 1. The number of rotatable bonds is 4. The van der Waals surface area contributed by atoms with Crippen LogP contribution < -0.4 is 4.90 Å². The zero-order valence-corrected chi connectivity index (χ0v) is 20.3. The Labute approximate surface area is 200 Å². The molecule has 0 radical (unpaired) electrons. The fourth-order valence-electron chi connectivity index (χ4n) is 2.96. The fourth-order valence-corrected chi connectivity index (χ4v) is 2.96. The fraction of sp³-hybridized carbons (Fsp3) is 0.455. The molecule has 11 nitrogen and oxygen atoms in total. The van der Waals surface area contributed by atoms with E-state index in [-0.39, 0.29) is 16.8 Å². The number of nitro benzene ring substituents is 1. The van der Waals surface area contributed by atoms with E-state index in [2.05, 4.69) is 5.10 Å². The average molecular weight is 493 g/mol. The highest BCUT2D eigenvalue weighted by atomic mass is 19.3. The zero-order valence-electron chi connectivity index (χ0n) is 20.3. The first kappa shape index (κ1) is 27.2. The third-order valence-corrected chi connectivity index (χ3v) is 4.17. The number of carbonyl (C=O) groups is 2. The van der Waals surface area contributed by atoms with Crippen molar-refractivity contribution in [2.75, 3.05) is 4.90 Å². The number of carbonyl (C=O) groups excluding carboxylic acids is 2. The van der Waals surface area contributed by atoms with E-state index >= 15 is 0 Å². The second-order valence-electron chi connectivity index (χ2n) is 9.48. The summed E-state index contributed by atoms with van der Waals surface area (Å²) < 4.78 is 39.0. The van der Waals surface area contributed by atoms with Crippen LogP contribution >= 0.6 is 0 Å². The number of amides is 2. The lowest BCUT2D eigenvalue weighted by Crippen LogP contribution is -2.44. The standard InChI is InChI=1S/C22H25F2N5O6/c1-12-8-14(29(32)33)9-15(17(23)24)16(12)27-11-13(10-25)18(26-27)28(19(30)34-21(2,3)4)20(31)35-22(5,6)7/h8-9,11,17H,1-7H3. The summed E-state index contributed by atoms with van der Waals surface area (Å²) in [6.45, 7) is 10.7. The van der Waals surface area contributed by atoms with Crippen LogP contribution in [0.25, 0.3) is 5.69 Å². The van der Waals surface area contributed by atoms with Gasteiger partial charge in [-0.1, -0.05) is 0 Å². The molecule has 13 heteroatoms. The molecule has 0 aliphatic rings. The molecule has 2 amide bonds. The number of nitrogens with zero attached hydrogens (tertiary/aromatic N) is 5. The first-order chi connectivity index (χ1) is 15.9. The highest BCUT2D eigenvalue weighted by Crippen LogP contribution is 2.34. The summed E-state index contributed by atoms with van der Waals surface area (Å²) in [5.74, 6) is -0.519. The molecular formula is C22H25F2N5O6. The Hall–Kier alpha value is -4.08. The molecule has 2 aromatic rings. The number of ether oxygens (including phenoxy) is 2. The number of nitriles is 1. The number of alkyl halides is 2. The Morgan fingerprint density at radius 3 is 2.06 bits per heavy atom. The zero-order chi connectivity index (χ0) is 26.9. The van der Waals surface area contributed by atoms with Gasteiger partial charge in [0.15, 0.2) is 5.82 Å². The van der Waals surface area contributed by atoms with E-state index in [1.165, 1.54) is 6.92 Å². The van der Waals surface area contributed by atoms with Gasteiger partial charge in [0.25, 0.3) is 12.1 Å². The molecule has 0 spiro atoms. The van der Waals surface area contributed by atoms with Crippen LogP contribution in [0, 0.1) is 28.4 Å². The molecule has 2 rings (SSSR count). The van der Waals surface area contributed by atoms with Crippen molar-refractivity contribution in [2.24, 2.45) is 0 Å². The molecule has 188 valence electrons. The molecule has 0 bridgehead atoms. The molecule has 0 fully saturated rings. The molecular weight excluding hydrogens is 468 g/mol. The first-order valence-electron chi connectivity index (χ1n) is 10.3. The van der Waals surface area contributed by atoms with Crippen LogP contribution in [0.2, 0.25) is 0 Å². The van der Waals surface area contributed by atoms with Crippen LogP contribution in [0.15, 0.2) is 18.3 Å². The lowest BCUT2D eigenvalue weighted by Gasteiger charge is -2.27. The quantitative estimate of drug-likeness (QED) is 0.397. The first-order valence-corrected chi connectivity index (χ1v) is 10.3. The molecule has 1 aromatic heterocycles. The van der Waals surface area contributed by atoms with Crippen molar-refractivity contribution in [3.8, 4) is 11.8 Å². The van der Waals surface area contributed by atoms with Gasteiger partial charge in [-0.05, 0) is 54.0 Å². The van der Waals surface area contributed by atoms with E-state index in [9.17, 15) is 33.7 Å². The Balaban J connectivity index is 2.76. The van der Waals surface area contributed by atoms with Crippen molar-refractivity contribution in [3.63, 3.8) is 0 Å². The van der Waals surface area contributed by atoms with Gasteiger partial charge in [-0.3, -0.25) is 10.1 Å². The molecule has 35 heavy (non-hydrogen) atoms. The van der Waals surface area contributed by atoms with E-state index in [0.717, 1.165) is 16.9 Å². The van der Waals surface area contributed by atoms with Gasteiger partial charge in [0, 0.05) is 12.1 Å². The molecule has 0 atom stereocenters. The number of nitro groups is 1. The molecule has 0 N–H and O–H groups in total. The average Bonchev–Trinajstić information content (AvgIpc) is 3.07. The van der Waals surface area contributed by atoms with Gasteiger partial charge in [0.1, 0.15) is 22.8 Å². The summed E-state index contributed by atoms with van der Waals surface area (Å²) in [5, 5.41) is 24.8. The molecule has 0 saturated carbocycles. The van der Waals surface area contributed by atoms with E-state index in [0.29, 0.717) is 11.0 Å². The van der Waals surface area contributed by atoms with Gasteiger partial charge < -0.3 is 9.47 Å². The molecule has 1 heterocycles. The molecule has 0 saturated heterocycles. The predicted octanol–water partition coefficient (Wildman–Crippen LogP) is 5.57. The van der Waals surface area contributed by atoms with Crippen molar-refractivity contribution in [3.05, 3.63) is 45.1 Å². The summed E-state index contributed by atoms with van der Waals surface area (Å²) in [6.07, 6.45) is -4.52.